The number of ether oxygens (including phenoxy) is 1. The molecule has 3 heterocycles. The molecule has 0 aliphatic heterocycles. The lowest BCUT2D eigenvalue weighted by atomic mass is 10.2. The highest BCUT2D eigenvalue weighted by molar-refractivity contribution is 7.84. The van der Waals surface area contributed by atoms with Crippen LogP contribution in [0.15, 0.2) is 72.0 Å². The Morgan fingerprint density at radius 2 is 2.06 bits per heavy atom. The third kappa shape index (κ3) is 5.75. The van der Waals surface area contributed by atoms with Gasteiger partial charge in [-0.1, -0.05) is 12.1 Å². The minimum absolute atomic E-state index is 0.241. The lowest BCUT2D eigenvalue weighted by molar-refractivity contribution is -0.111. The molecule has 0 saturated carbocycles. The van der Waals surface area contributed by atoms with Crippen LogP contribution < -0.4 is 15.4 Å². The average Bonchev–Trinajstić information content (AvgIpc) is 3.28. The number of carbonyl (C=O) groups is 1. The van der Waals surface area contributed by atoms with Crippen molar-refractivity contribution in [3.63, 3.8) is 0 Å². The van der Waals surface area contributed by atoms with Crippen LogP contribution in [0.3, 0.4) is 0 Å². The van der Waals surface area contributed by atoms with Crippen LogP contribution in [0.25, 0.3) is 16.8 Å². The number of aromatic nitrogens is 4. The molecule has 0 bridgehead atoms. The van der Waals surface area contributed by atoms with Gasteiger partial charge in [-0.25, -0.2) is 14.5 Å². The normalized spacial score (nSPS) is 12.2. The van der Waals surface area contributed by atoms with Gasteiger partial charge in [-0.05, 0) is 44.4 Å². The first kappa shape index (κ1) is 25.0. The molecule has 0 radical (unpaired) electrons. The molecule has 0 spiro atoms. The second kappa shape index (κ2) is 11.1. The van der Waals surface area contributed by atoms with Crippen LogP contribution in [0.5, 0.6) is 5.75 Å². The Bertz CT molecular complexity index is 1450. The van der Waals surface area contributed by atoms with Crippen LogP contribution in [-0.4, -0.2) is 68.6 Å². The van der Waals surface area contributed by atoms with Gasteiger partial charge in [0.25, 0.3) is 0 Å². The monoisotopic (exact) mass is 505 g/mol. The lowest BCUT2D eigenvalue weighted by Gasteiger charge is -2.14. The van der Waals surface area contributed by atoms with Crippen molar-refractivity contribution >= 4 is 39.5 Å². The van der Waals surface area contributed by atoms with Gasteiger partial charge in [-0.2, -0.15) is 5.10 Å². The van der Waals surface area contributed by atoms with Crippen molar-refractivity contribution in [2.45, 2.75) is 4.90 Å². The number of amides is 1. The summed E-state index contributed by atoms with van der Waals surface area (Å²) >= 11 is 0. The highest BCUT2D eigenvalue weighted by Crippen LogP contribution is 2.32. The Morgan fingerprint density at radius 1 is 1.22 bits per heavy atom. The number of benzene rings is 1. The number of fused-ring (bicyclic) bond motifs is 1. The molecule has 0 saturated heterocycles. The number of pyridine rings is 1. The zero-order chi connectivity index (χ0) is 25.7. The van der Waals surface area contributed by atoms with Crippen LogP contribution in [0.4, 0.5) is 17.3 Å². The largest absolute Gasteiger partial charge is 0.495 e. The molecular weight excluding hydrogens is 478 g/mol. The van der Waals surface area contributed by atoms with E-state index in [4.69, 9.17) is 4.74 Å². The van der Waals surface area contributed by atoms with Gasteiger partial charge >= 0.3 is 0 Å². The van der Waals surface area contributed by atoms with Crippen molar-refractivity contribution in [3.8, 4) is 17.0 Å². The Morgan fingerprint density at radius 3 is 2.81 bits per heavy atom. The van der Waals surface area contributed by atoms with Crippen LogP contribution in [0, 0.1) is 0 Å². The van der Waals surface area contributed by atoms with Crippen molar-refractivity contribution in [2.24, 2.45) is 0 Å². The quantitative estimate of drug-likeness (QED) is 0.333. The van der Waals surface area contributed by atoms with E-state index in [-0.39, 0.29) is 11.9 Å². The van der Waals surface area contributed by atoms with Crippen LogP contribution in [-0.2, 0) is 15.6 Å². The Kier molecular flexibility index (Phi) is 7.71. The Balaban J connectivity index is 1.65. The summed E-state index contributed by atoms with van der Waals surface area (Å²) < 4.78 is 19.7. The van der Waals surface area contributed by atoms with E-state index >= 15 is 0 Å². The molecule has 1 amide bonds. The maximum Gasteiger partial charge on any atom is 0.248 e. The SMILES string of the molecule is COc1ccc(NC(=O)C=CCN(C)C)cc1Nc1ncc(S(C)=O)c(-c2cnn3ccccc23)n1. The number of rotatable bonds is 9. The second-order valence-corrected chi connectivity index (χ2v) is 9.49. The lowest BCUT2D eigenvalue weighted by Crippen LogP contribution is -2.13. The van der Waals surface area contributed by atoms with E-state index in [1.165, 1.54) is 6.08 Å². The summed E-state index contributed by atoms with van der Waals surface area (Å²) in [7, 11) is 4.09. The Hall–Kier alpha value is -4.09. The minimum Gasteiger partial charge on any atom is -0.495 e. The molecule has 1 atom stereocenters. The van der Waals surface area contributed by atoms with Crippen molar-refractivity contribution in [1.29, 1.82) is 0 Å². The van der Waals surface area contributed by atoms with Gasteiger partial charge in [-0.15, -0.1) is 0 Å². The van der Waals surface area contributed by atoms with Gasteiger partial charge < -0.3 is 20.3 Å². The fraction of sp³-hybridized carbons (Fsp3) is 0.200. The third-order valence-electron chi connectivity index (χ3n) is 5.20. The summed E-state index contributed by atoms with van der Waals surface area (Å²) in [5, 5.41) is 10.4. The third-order valence-corrected chi connectivity index (χ3v) is 6.12. The van der Waals surface area contributed by atoms with E-state index in [1.807, 2.05) is 43.4 Å². The topological polar surface area (TPSA) is 114 Å². The molecule has 11 heteroatoms. The molecule has 3 aromatic heterocycles. The zero-order valence-electron chi connectivity index (χ0n) is 20.4. The van der Waals surface area contributed by atoms with Crippen molar-refractivity contribution < 1.29 is 13.7 Å². The predicted molar refractivity (Wildman–Crippen MR) is 141 cm³/mol. The zero-order valence-corrected chi connectivity index (χ0v) is 21.2. The summed E-state index contributed by atoms with van der Waals surface area (Å²) in [5.74, 6) is 0.580. The maximum absolute atomic E-state index is 12.4. The van der Waals surface area contributed by atoms with Crippen molar-refractivity contribution in [3.05, 3.63) is 67.1 Å². The first-order valence-electron chi connectivity index (χ1n) is 11.1. The molecule has 186 valence electrons. The van der Waals surface area contributed by atoms with E-state index in [0.717, 1.165) is 11.1 Å². The molecule has 1 unspecified atom stereocenters. The summed E-state index contributed by atoms with van der Waals surface area (Å²) in [5.41, 5.74) is 3.22. The first-order chi connectivity index (χ1) is 17.4. The van der Waals surface area contributed by atoms with E-state index in [1.54, 1.807) is 54.5 Å². The molecule has 0 aliphatic rings. The highest BCUT2D eigenvalue weighted by Gasteiger charge is 2.17. The molecule has 0 aliphatic carbocycles. The van der Waals surface area contributed by atoms with Crippen LogP contribution in [0.2, 0.25) is 0 Å². The van der Waals surface area contributed by atoms with Crippen LogP contribution >= 0.6 is 0 Å². The smallest absolute Gasteiger partial charge is 0.248 e. The molecular formula is C25H27N7O3S. The Labute approximate surface area is 211 Å². The van der Waals surface area contributed by atoms with Gasteiger partial charge in [0.05, 0.1) is 45.9 Å². The van der Waals surface area contributed by atoms with E-state index in [9.17, 15) is 9.00 Å². The summed E-state index contributed by atoms with van der Waals surface area (Å²) in [6, 6.07) is 10.9. The van der Waals surface area contributed by atoms with Gasteiger partial charge in [-0.3, -0.25) is 9.00 Å². The van der Waals surface area contributed by atoms with Crippen molar-refractivity contribution in [2.75, 3.05) is 44.6 Å². The van der Waals surface area contributed by atoms with Gasteiger partial charge in [0.15, 0.2) is 0 Å². The fourth-order valence-electron chi connectivity index (χ4n) is 3.51. The standard InChI is InChI=1S/C25H27N7O3S/c1-31(2)12-7-9-23(33)28-17-10-11-21(35-3)19(14-17)29-25-26-16-22(36(4)34)24(30-25)18-15-27-32-13-6-5-8-20(18)32/h5-11,13-16H,12H2,1-4H3,(H,28,33)(H,26,29,30). The molecule has 4 rings (SSSR count). The second-order valence-electron chi connectivity index (χ2n) is 8.14. The van der Waals surface area contributed by atoms with Gasteiger partial charge in [0.1, 0.15) is 5.75 Å². The van der Waals surface area contributed by atoms with E-state index in [2.05, 4.69) is 25.7 Å². The summed E-state index contributed by atoms with van der Waals surface area (Å²) in [4.78, 5) is 23.8. The molecule has 10 nitrogen and oxygen atoms in total. The minimum atomic E-state index is -1.32. The number of nitrogens with one attached hydrogen (secondary N) is 2. The number of likely N-dealkylation sites (N-methyl/N-ethyl adjacent to an activating group) is 1. The number of methoxy groups -OCH3 is 1. The molecule has 2 N–H and O–H groups in total. The number of anilines is 3. The average molecular weight is 506 g/mol. The van der Waals surface area contributed by atoms with Gasteiger partial charge in [0.2, 0.25) is 11.9 Å². The molecule has 0 fully saturated rings. The number of carbonyl (C=O) groups excluding carboxylic acids is 1. The number of hydrogen-bond donors (Lipinski definition) is 2. The predicted octanol–water partition coefficient (Wildman–Crippen LogP) is 3.34. The number of nitrogens with zero attached hydrogens (tertiary/aromatic N) is 5. The first-order valence-corrected chi connectivity index (χ1v) is 12.6. The maximum atomic E-state index is 12.4. The molecule has 4 aromatic rings. The van der Waals surface area contributed by atoms with Crippen molar-refractivity contribution in [1.82, 2.24) is 24.5 Å². The molecule has 36 heavy (non-hydrogen) atoms. The highest BCUT2D eigenvalue weighted by atomic mass is 32.2. The van der Waals surface area contributed by atoms with E-state index in [0.29, 0.717) is 34.3 Å². The molecule has 1 aromatic carbocycles. The van der Waals surface area contributed by atoms with Crippen LogP contribution in [0.1, 0.15) is 0 Å². The fourth-order valence-corrected chi connectivity index (χ4v) is 4.14. The van der Waals surface area contributed by atoms with E-state index < -0.39 is 10.8 Å². The summed E-state index contributed by atoms with van der Waals surface area (Å²) in [6.07, 6.45) is 9.93. The van der Waals surface area contributed by atoms with Gasteiger partial charge in [0, 0.05) is 42.5 Å². The number of hydrogen-bond acceptors (Lipinski definition) is 8. The summed E-state index contributed by atoms with van der Waals surface area (Å²) in [6.45, 7) is 0.660.